The van der Waals surface area contributed by atoms with Crippen LogP contribution in [-0.4, -0.2) is 66.9 Å². The van der Waals surface area contributed by atoms with Crippen molar-refractivity contribution < 1.29 is 81.4 Å². The second-order valence-electron chi connectivity index (χ2n) is 22.2. The second-order valence-corrected chi connectivity index (χ2v) is 23.1. The third kappa shape index (κ3) is 14.4. The number of hydrogen-bond acceptors (Lipinski definition) is 11. The summed E-state index contributed by atoms with van der Waals surface area (Å²) < 4.78 is 3.44. The van der Waals surface area contributed by atoms with Crippen molar-refractivity contribution in [1.29, 1.82) is 0 Å². The van der Waals surface area contributed by atoms with Crippen LogP contribution < -0.4 is 0 Å². The van der Waals surface area contributed by atoms with Crippen molar-refractivity contribution >= 4 is 23.3 Å². The van der Waals surface area contributed by atoms with Crippen molar-refractivity contribution in [1.82, 2.24) is 54.9 Å². The third-order valence-electron chi connectivity index (χ3n) is 15.8. The monoisotopic (exact) mass is 1920 g/mol. The molecule has 461 valence electrons. The van der Waals surface area contributed by atoms with Crippen molar-refractivity contribution in [2.75, 3.05) is 0 Å². The quantitative estimate of drug-likeness (QED) is 0.137. The van der Waals surface area contributed by atoms with Crippen LogP contribution in [0.15, 0.2) is 234 Å². The van der Waals surface area contributed by atoms with Gasteiger partial charge in [-0.15, -0.1) is 140 Å². The molecular formula is C73H57Ir3N13PtS-4. The summed E-state index contributed by atoms with van der Waals surface area (Å²) in [5.74, 6) is 1.28. The number of nitrogens with zero attached hydrogens (tertiary/aromatic N) is 13. The van der Waals surface area contributed by atoms with E-state index in [9.17, 15) is 0 Å². The Hall–Kier alpha value is -8.06. The van der Waals surface area contributed by atoms with Crippen LogP contribution in [0.2, 0.25) is 0 Å². The first-order valence-electron chi connectivity index (χ1n) is 28.5. The molecule has 0 saturated heterocycles. The molecule has 91 heavy (non-hydrogen) atoms. The molecule has 3 radical (unpaired) electrons. The molecule has 0 amide bonds. The van der Waals surface area contributed by atoms with E-state index in [2.05, 4.69) is 207 Å². The minimum atomic E-state index is -0.139. The van der Waals surface area contributed by atoms with Gasteiger partial charge in [0.25, 0.3) is 0 Å². The van der Waals surface area contributed by atoms with Crippen LogP contribution in [-0.2, 0) is 106 Å². The van der Waals surface area contributed by atoms with E-state index < -0.39 is 0 Å². The summed E-state index contributed by atoms with van der Waals surface area (Å²) >= 11 is 1.56. The normalized spacial score (nSPS) is 13.6. The molecule has 0 spiro atoms. The van der Waals surface area contributed by atoms with Gasteiger partial charge in [-0.3, -0.25) is 24.3 Å². The van der Waals surface area contributed by atoms with E-state index in [-0.39, 0.29) is 98.4 Å². The fraction of sp³-hybridized carbons (Fsp3) is 0.123. The molecule has 16 rings (SSSR count). The topological polar surface area (TPSA) is 143 Å². The number of pyridine rings is 1. The molecule has 0 saturated carbocycles. The van der Waals surface area contributed by atoms with Crippen molar-refractivity contribution in [3.8, 4) is 83.7 Å². The molecule has 0 N–H and O–H groups in total. The Labute approximate surface area is 588 Å². The van der Waals surface area contributed by atoms with Crippen molar-refractivity contribution in [2.45, 2.75) is 44.7 Å². The summed E-state index contributed by atoms with van der Waals surface area (Å²) in [6.07, 6.45) is 7.12. The van der Waals surface area contributed by atoms with E-state index in [4.69, 9.17) is 4.99 Å². The Kier molecular flexibility index (Phi) is 21.8. The first-order chi connectivity index (χ1) is 42.4. The fourth-order valence-electron chi connectivity index (χ4n) is 11.3. The zero-order chi connectivity index (χ0) is 59.5. The van der Waals surface area contributed by atoms with E-state index in [1.54, 1.807) is 33.2 Å². The van der Waals surface area contributed by atoms with Crippen molar-refractivity contribution in [3.63, 3.8) is 0 Å². The van der Waals surface area contributed by atoms with E-state index in [0.29, 0.717) is 5.82 Å². The molecule has 0 bridgehead atoms. The summed E-state index contributed by atoms with van der Waals surface area (Å²) in [5, 5.41) is 28.1. The van der Waals surface area contributed by atoms with Gasteiger partial charge in [0.2, 0.25) is 0 Å². The molecule has 6 heterocycles. The Bertz CT molecular complexity index is 4500. The predicted octanol–water partition coefficient (Wildman–Crippen LogP) is 15.1. The third-order valence-corrected chi connectivity index (χ3v) is 16.6. The van der Waals surface area contributed by atoms with Gasteiger partial charge in [0, 0.05) is 125 Å². The SMILES string of the molecule is Cn1cc(-c2[c-]cc3c(c2)C(C)(C)c2ccccc2-3)nn1.Cn1cnc(-c2[c-]cc3c(c2)C(C)(C)c2ccccc2-3)n1.[Ir].[Ir].[Ir].[Pt].[c-]1ccc(-c2ccccc2)cc1C1=NC(c2ccccc2)N=C1.[c-]1ccc(-c2ccccn2)cc1-c1nnn(-c2cccs2)n1. The van der Waals surface area contributed by atoms with Gasteiger partial charge in [-0.2, -0.15) is 15.3 Å². The number of hydrogen-bond donors (Lipinski definition) is 0. The zero-order valence-corrected chi connectivity index (χ0v) is 60.3. The number of fused-ring (bicyclic) bond motifs is 6. The number of aliphatic imine (C=N–C) groups is 2. The maximum absolute atomic E-state index is 4.73. The Balaban J connectivity index is 0.000000142. The summed E-state index contributed by atoms with van der Waals surface area (Å²) in [5.41, 5.74) is 21.5. The van der Waals surface area contributed by atoms with Crippen molar-refractivity contribution in [2.24, 2.45) is 24.1 Å². The number of benzene rings is 8. The zero-order valence-electron chi connectivity index (χ0n) is 50.1. The Morgan fingerprint density at radius 1 is 0.484 bits per heavy atom. The number of rotatable bonds is 8. The predicted molar refractivity (Wildman–Crippen MR) is 345 cm³/mol. The van der Waals surface area contributed by atoms with Gasteiger partial charge in [0.1, 0.15) is 17.2 Å². The number of tetrazole rings is 1. The summed E-state index contributed by atoms with van der Waals surface area (Å²) in [7, 11) is 3.76. The average Bonchev–Trinajstić information content (AvgIpc) is 1.62. The Morgan fingerprint density at radius 3 is 1.71 bits per heavy atom. The smallest absolute Gasteiger partial charge is 0.155 e. The van der Waals surface area contributed by atoms with Crippen LogP contribution >= 0.6 is 11.3 Å². The van der Waals surface area contributed by atoms with Gasteiger partial charge < -0.3 is 4.99 Å². The number of aromatic nitrogens is 11. The average molecular weight is 1920 g/mol. The van der Waals surface area contributed by atoms with E-state index >= 15 is 0 Å². The summed E-state index contributed by atoms with van der Waals surface area (Å²) in [6, 6.07) is 81.0. The van der Waals surface area contributed by atoms with Gasteiger partial charge in [-0.25, -0.2) is 5.10 Å². The molecule has 5 aromatic heterocycles. The maximum Gasteiger partial charge on any atom is 0.155 e. The van der Waals surface area contributed by atoms with Crippen LogP contribution in [0.5, 0.6) is 0 Å². The van der Waals surface area contributed by atoms with Crippen LogP contribution in [0.3, 0.4) is 0 Å². The molecule has 0 fully saturated rings. The summed E-state index contributed by atoms with van der Waals surface area (Å²) in [6.45, 7) is 9.09. The Morgan fingerprint density at radius 2 is 1.09 bits per heavy atom. The van der Waals surface area contributed by atoms with Crippen LogP contribution in [0.25, 0.3) is 83.7 Å². The molecule has 13 aromatic rings. The number of thiophene rings is 1. The second kappa shape index (κ2) is 29.5. The van der Waals surface area contributed by atoms with Crippen molar-refractivity contribution in [3.05, 3.63) is 282 Å². The maximum atomic E-state index is 4.73. The van der Waals surface area contributed by atoms with Gasteiger partial charge in [-0.1, -0.05) is 181 Å². The van der Waals surface area contributed by atoms with Crippen LogP contribution in [0.1, 0.15) is 67.2 Å². The van der Waals surface area contributed by atoms with Gasteiger partial charge >= 0.3 is 0 Å². The molecule has 1 atom stereocenters. The molecule has 3 aliphatic rings. The number of aryl methyl sites for hydroxylation is 2. The largest absolute Gasteiger partial charge is 0.301 e. The minimum Gasteiger partial charge on any atom is -0.301 e. The standard InChI is InChI=1S/C21H15N2.2C18H16N3.C16H10N5S.3Ir.Pt/c1-3-8-16(9-4-1)18-12-7-13-19(14-18)20-15-22-21(23-20)17-10-5-2-6-11-17;1-18(2)15-7-5-4-6-13(15)14-9-8-12(10-16(14)18)17-19-11-21(3)20-17;1-18(2)15-7-5-4-6-13(15)14-9-8-12(10-16(14)18)17-11-21(3)20-19-17;1-2-9-17-14(7-1)12-5-3-6-13(11-12)16-18-20-21(19-16)15-8-4-10-22-15;;;;/h1-12,14-15,21H;2*4-7,9-11H,1-3H3;1-5,7-11H;;;;/q4*-1;;;;. The molecule has 2 aliphatic carbocycles. The molecule has 1 aliphatic heterocycles. The van der Waals surface area contributed by atoms with E-state index in [1.807, 2.05) is 123 Å². The molecule has 18 heteroatoms. The summed E-state index contributed by atoms with van der Waals surface area (Å²) in [4.78, 5) is 19.5. The molecular weight excluding hydrogens is 1860 g/mol. The molecule has 13 nitrogen and oxygen atoms in total. The van der Waals surface area contributed by atoms with E-state index in [1.165, 1.54) is 60.4 Å². The molecule has 1 unspecified atom stereocenters. The fourth-order valence-corrected chi connectivity index (χ4v) is 11.9. The molecule has 8 aromatic carbocycles. The first-order valence-corrected chi connectivity index (χ1v) is 29.4. The van der Waals surface area contributed by atoms with E-state index in [0.717, 1.165) is 61.3 Å². The van der Waals surface area contributed by atoms with Crippen LogP contribution in [0.4, 0.5) is 0 Å². The minimum absolute atomic E-state index is 0. The van der Waals surface area contributed by atoms with Gasteiger partial charge in [0.15, 0.2) is 6.17 Å². The first kappa shape index (κ1) is 67.3. The van der Waals surface area contributed by atoms with Crippen LogP contribution in [0, 0.1) is 24.3 Å². The van der Waals surface area contributed by atoms with Gasteiger partial charge in [0.05, 0.1) is 11.5 Å². The van der Waals surface area contributed by atoms with Gasteiger partial charge in [-0.05, 0) is 62.7 Å².